The lowest BCUT2D eigenvalue weighted by atomic mass is 10.2. The summed E-state index contributed by atoms with van der Waals surface area (Å²) in [5.74, 6) is 1.45. The van der Waals surface area contributed by atoms with E-state index in [1.54, 1.807) is 0 Å². The van der Waals surface area contributed by atoms with Gasteiger partial charge in [0.15, 0.2) is 0 Å². The minimum Gasteiger partial charge on any atom is -0.439 e. The molecule has 20 heavy (non-hydrogen) atoms. The number of aromatic nitrogens is 1. The summed E-state index contributed by atoms with van der Waals surface area (Å²) in [6.45, 7) is 2.85. The molecule has 4 heteroatoms. The molecule has 1 aliphatic rings. The van der Waals surface area contributed by atoms with Crippen LogP contribution in [0.4, 0.5) is 0 Å². The molecule has 0 aliphatic heterocycles. The Morgan fingerprint density at radius 3 is 2.90 bits per heavy atom. The van der Waals surface area contributed by atoms with Crippen LogP contribution in [-0.2, 0) is 6.54 Å². The summed E-state index contributed by atoms with van der Waals surface area (Å²) < 4.78 is 6.90. The Morgan fingerprint density at radius 2 is 2.15 bits per heavy atom. The van der Waals surface area contributed by atoms with Gasteiger partial charge in [0.05, 0.1) is 5.69 Å². The number of pyridine rings is 1. The Bertz CT molecular complexity index is 611. The van der Waals surface area contributed by atoms with E-state index < -0.39 is 0 Å². The van der Waals surface area contributed by atoms with Crippen LogP contribution in [0.3, 0.4) is 0 Å². The molecule has 2 aromatic rings. The van der Waals surface area contributed by atoms with E-state index in [2.05, 4.69) is 26.2 Å². The maximum Gasteiger partial charge on any atom is 0.219 e. The van der Waals surface area contributed by atoms with Gasteiger partial charge in [-0.05, 0) is 49.6 Å². The topological polar surface area (TPSA) is 34.1 Å². The van der Waals surface area contributed by atoms with Gasteiger partial charge in [0, 0.05) is 23.1 Å². The van der Waals surface area contributed by atoms with Crippen molar-refractivity contribution in [2.24, 2.45) is 0 Å². The van der Waals surface area contributed by atoms with E-state index in [-0.39, 0.29) is 0 Å². The molecule has 0 bridgehead atoms. The van der Waals surface area contributed by atoms with Crippen molar-refractivity contribution in [3.8, 4) is 11.6 Å². The first kappa shape index (κ1) is 13.6. The van der Waals surface area contributed by atoms with Crippen molar-refractivity contribution < 1.29 is 4.74 Å². The van der Waals surface area contributed by atoms with Gasteiger partial charge in [-0.15, -0.1) is 0 Å². The normalized spacial score (nSPS) is 14.3. The lowest BCUT2D eigenvalue weighted by Crippen LogP contribution is -2.16. The zero-order chi connectivity index (χ0) is 13.9. The number of rotatable bonds is 5. The van der Waals surface area contributed by atoms with Gasteiger partial charge in [-0.25, -0.2) is 4.98 Å². The number of benzene rings is 1. The van der Waals surface area contributed by atoms with E-state index in [1.807, 2.05) is 43.3 Å². The first-order valence-corrected chi connectivity index (χ1v) is 7.63. The largest absolute Gasteiger partial charge is 0.439 e. The predicted octanol–water partition coefficient (Wildman–Crippen LogP) is 4.20. The second-order valence-corrected chi connectivity index (χ2v) is 5.99. The van der Waals surface area contributed by atoms with Crippen LogP contribution in [0.15, 0.2) is 40.9 Å². The summed E-state index contributed by atoms with van der Waals surface area (Å²) in [5.41, 5.74) is 2.16. The van der Waals surface area contributed by atoms with Crippen LogP contribution in [0, 0.1) is 6.92 Å². The van der Waals surface area contributed by atoms with Crippen molar-refractivity contribution in [2.75, 3.05) is 0 Å². The molecule has 1 saturated carbocycles. The predicted molar refractivity (Wildman–Crippen MR) is 83.1 cm³/mol. The van der Waals surface area contributed by atoms with E-state index in [1.165, 1.54) is 12.8 Å². The van der Waals surface area contributed by atoms with Crippen LogP contribution in [0.25, 0.3) is 0 Å². The number of hydrogen-bond donors (Lipinski definition) is 1. The van der Waals surface area contributed by atoms with E-state index in [0.29, 0.717) is 11.9 Å². The highest BCUT2D eigenvalue weighted by atomic mass is 79.9. The van der Waals surface area contributed by atoms with Gasteiger partial charge in [0.2, 0.25) is 5.88 Å². The van der Waals surface area contributed by atoms with Crippen molar-refractivity contribution in [3.05, 3.63) is 52.1 Å². The summed E-state index contributed by atoms with van der Waals surface area (Å²) in [6, 6.07) is 12.5. The standard InChI is InChI=1S/C16H17BrN2O/c1-11-9-14(7-8-15(11)17)20-16-4-2-3-13(19-16)10-18-12-5-6-12/h2-4,7-9,12,18H,5-6,10H2,1H3. The van der Waals surface area contributed by atoms with Gasteiger partial charge in [0.25, 0.3) is 0 Å². The van der Waals surface area contributed by atoms with Crippen LogP contribution in [0.2, 0.25) is 0 Å². The van der Waals surface area contributed by atoms with Gasteiger partial charge < -0.3 is 10.1 Å². The molecule has 1 aliphatic carbocycles. The van der Waals surface area contributed by atoms with E-state index in [4.69, 9.17) is 4.74 Å². The van der Waals surface area contributed by atoms with Crippen molar-refractivity contribution >= 4 is 15.9 Å². The molecule has 1 N–H and O–H groups in total. The number of halogens is 1. The second kappa shape index (κ2) is 5.94. The number of aryl methyl sites for hydroxylation is 1. The molecule has 0 atom stereocenters. The summed E-state index contributed by atoms with van der Waals surface area (Å²) in [5, 5.41) is 3.46. The maximum absolute atomic E-state index is 5.82. The number of nitrogens with one attached hydrogen (secondary N) is 1. The van der Waals surface area contributed by atoms with Crippen LogP contribution < -0.4 is 10.1 Å². The van der Waals surface area contributed by atoms with Crippen LogP contribution in [0.5, 0.6) is 11.6 Å². The summed E-state index contributed by atoms with van der Waals surface area (Å²) in [6.07, 6.45) is 2.57. The van der Waals surface area contributed by atoms with Gasteiger partial charge in [-0.1, -0.05) is 22.0 Å². The minimum absolute atomic E-state index is 0.641. The molecule has 1 aromatic heterocycles. The van der Waals surface area contributed by atoms with Crippen LogP contribution in [-0.4, -0.2) is 11.0 Å². The first-order valence-electron chi connectivity index (χ1n) is 6.84. The molecule has 1 heterocycles. The fourth-order valence-electron chi connectivity index (χ4n) is 1.95. The lowest BCUT2D eigenvalue weighted by Gasteiger charge is -2.08. The molecule has 3 rings (SSSR count). The molecule has 0 radical (unpaired) electrons. The second-order valence-electron chi connectivity index (χ2n) is 5.14. The highest BCUT2D eigenvalue weighted by Gasteiger charge is 2.20. The van der Waals surface area contributed by atoms with Crippen molar-refractivity contribution in [1.82, 2.24) is 10.3 Å². The highest BCUT2D eigenvalue weighted by molar-refractivity contribution is 9.10. The van der Waals surface area contributed by atoms with Gasteiger partial charge in [0.1, 0.15) is 5.75 Å². The zero-order valence-corrected chi connectivity index (χ0v) is 13.0. The molecule has 0 amide bonds. The minimum atomic E-state index is 0.641. The third-order valence-corrected chi connectivity index (χ3v) is 4.17. The third-order valence-electron chi connectivity index (χ3n) is 3.28. The molecular weight excluding hydrogens is 316 g/mol. The molecule has 104 valence electrons. The Kier molecular flexibility index (Phi) is 4.03. The molecule has 0 spiro atoms. The van der Waals surface area contributed by atoms with Gasteiger partial charge >= 0.3 is 0 Å². The van der Waals surface area contributed by atoms with Crippen LogP contribution >= 0.6 is 15.9 Å². The lowest BCUT2D eigenvalue weighted by molar-refractivity contribution is 0.459. The third kappa shape index (κ3) is 3.58. The average Bonchev–Trinajstić information content (AvgIpc) is 3.25. The number of nitrogens with zero attached hydrogens (tertiary/aromatic N) is 1. The molecule has 0 saturated heterocycles. The number of ether oxygens (including phenoxy) is 1. The average molecular weight is 333 g/mol. The van der Waals surface area contributed by atoms with Gasteiger partial charge in [-0.3, -0.25) is 0 Å². The maximum atomic E-state index is 5.82. The summed E-state index contributed by atoms with van der Waals surface area (Å²) >= 11 is 3.49. The summed E-state index contributed by atoms with van der Waals surface area (Å²) in [4.78, 5) is 4.52. The van der Waals surface area contributed by atoms with E-state index in [9.17, 15) is 0 Å². The fourth-order valence-corrected chi connectivity index (χ4v) is 2.20. The number of hydrogen-bond acceptors (Lipinski definition) is 3. The van der Waals surface area contributed by atoms with Crippen LogP contribution in [0.1, 0.15) is 24.1 Å². The van der Waals surface area contributed by atoms with Crippen molar-refractivity contribution in [3.63, 3.8) is 0 Å². The first-order chi connectivity index (χ1) is 9.70. The van der Waals surface area contributed by atoms with E-state index in [0.717, 1.165) is 28.0 Å². The van der Waals surface area contributed by atoms with Gasteiger partial charge in [-0.2, -0.15) is 0 Å². The van der Waals surface area contributed by atoms with Crippen molar-refractivity contribution in [1.29, 1.82) is 0 Å². The SMILES string of the molecule is Cc1cc(Oc2cccc(CNC3CC3)n2)ccc1Br. The smallest absolute Gasteiger partial charge is 0.219 e. The summed E-state index contributed by atoms with van der Waals surface area (Å²) in [7, 11) is 0. The fraction of sp³-hybridized carbons (Fsp3) is 0.312. The Labute approximate surface area is 127 Å². The monoisotopic (exact) mass is 332 g/mol. The van der Waals surface area contributed by atoms with E-state index >= 15 is 0 Å². The highest BCUT2D eigenvalue weighted by Crippen LogP contribution is 2.25. The Balaban J connectivity index is 1.69. The van der Waals surface area contributed by atoms with Crippen molar-refractivity contribution in [2.45, 2.75) is 32.4 Å². The molecule has 3 nitrogen and oxygen atoms in total. The zero-order valence-electron chi connectivity index (χ0n) is 11.4. The Hall–Kier alpha value is -1.39. The quantitative estimate of drug-likeness (QED) is 0.891. The molecule has 0 unspecified atom stereocenters. The molecule has 1 fully saturated rings. The molecular formula is C16H17BrN2O. The Morgan fingerprint density at radius 1 is 1.30 bits per heavy atom. The molecule has 1 aromatic carbocycles.